The summed E-state index contributed by atoms with van der Waals surface area (Å²) in [5.74, 6) is 0.651. The molecule has 6 heteroatoms. The second kappa shape index (κ2) is 7.83. The largest absolute Gasteiger partial charge is 0.371 e. The van der Waals surface area contributed by atoms with Crippen molar-refractivity contribution in [3.63, 3.8) is 0 Å². The van der Waals surface area contributed by atoms with Crippen LogP contribution in [0.5, 0.6) is 0 Å². The average Bonchev–Trinajstić information content (AvgIpc) is 2.62. The first-order valence-corrected chi connectivity index (χ1v) is 8.86. The fourth-order valence-corrected chi connectivity index (χ4v) is 3.24. The van der Waals surface area contributed by atoms with Gasteiger partial charge in [-0.1, -0.05) is 18.2 Å². The van der Waals surface area contributed by atoms with Gasteiger partial charge in [0.05, 0.1) is 5.69 Å². The third-order valence-corrected chi connectivity index (χ3v) is 5.03. The lowest BCUT2D eigenvalue weighted by Gasteiger charge is -2.35. The number of rotatable bonds is 7. The van der Waals surface area contributed by atoms with Gasteiger partial charge in [0.25, 0.3) is 0 Å². The van der Waals surface area contributed by atoms with Gasteiger partial charge in [0.2, 0.25) is 6.41 Å². The highest BCUT2D eigenvalue weighted by Crippen LogP contribution is 2.31. The first-order chi connectivity index (χ1) is 12.5. The molecule has 1 saturated heterocycles. The van der Waals surface area contributed by atoms with Crippen molar-refractivity contribution in [1.29, 1.82) is 0 Å². The third-order valence-electron chi connectivity index (χ3n) is 5.03. The van der Waals surface area contributed by atoms with Gasteiger partial charge in [-0.2, -0.15) is 0 Å². The Bertz CT molecular complexity index is 789. The highest BCUT2D eigenvalue weighted by molar-refractivity contribution is 5.85. The van der Waals surface area contributed by atoms with Gasteiger partial charge in [-0.05, 0) is 36.6 Å². The van der Waals surface area contributed by atoms with E-state index in [4.69, 9.17) is 0 Å². The van der Waals surface area contributed by atoms with Crippen LogP contribution in [0.25, 0.3) is 11.1 Å². The van der Waals surface area contributed by atoms with E-state index in [1.807, 2.05) is 23.2 Å². The lowest BCUT2D eigenvalue weighted by Crippen LogP contribution is -2.50. The zero-order valence-electron chi connectivity index (χ0n) is 15.5. The fraction of sp³-hybridized carbons (Fsp3) is 0.400. The fourth-order valence-electron chi connectivity index (χ4n) is 3.24. The van der Waals surface area contributed by atoms with Crippen LogP contribution in [0.15, 0.2) is 30.5 Å². The summed E-state index contributed by atoms with van der Waals surface area (Å²) >= 11 is 0. The number of carbonyl (C=O) groups excluding carboxylic acids is 1. The van der Waals surface area contributed by atoms with Crippen LogP contribution in [-0.2, 0) is 4.79 Å². The average molecular weight is 356 g/mol. The molecule has 1 aliphatic heterocycles. The molecule has 1 N–H and O–H groups in total. The topological polar surface area (TPSA) is 48.5 Å². The van der Waals surface area contributed by atoms with Crippen LogP contribution in [0.4, 0.5) is 15.9 Å². The molecule has 1 aromatic carbocycles. The van der Waals surface area contributed by atoms with E-state index >= 15 is 0 Å². The molecule has 0 spiro atoms. The number of nitrogens with zero attached hydrogens (tertiary/aromatic N) is 3. The number of amides is 1. The van der Waals surface area contributed by atoms with Gasteiger partial charge in [-0.25, -0.2) is 9.37 Å². The Hall–Kier alpha value is -2.47. The van der Waals surface area contributed by atoms with Crippen molar-refractivity contribution >= 4 is 17.9 Å². The van der Waals surface area contributed by atoms with Crippen molar-refractivity contribution in [2.45, 2.75) is 20.0 Å². The molecule has 138 valence electrons. The molecule has 2 heterocycles. The number of benzene rings is 1. The summed E-state index contributed by atoms with van der Waals surface area (Å²) in [7, 11) is 1.79. The number of nitrogens with one attached hydrogen (secondary N) is 1. The molecule has 0 unspecified atom stereocenters. The Balaban J connectivity index is 1.88. The second-order valence-electron chi connectivity index (χ2n) is 6.74. The summed E-state index contributed by atoms with van der Waals surface area (Å²) in [6.07, 6.45) is 1.91. The Morgan fingerprint density at radius 3 is 2.81 bits per heavy atom. The third kappa shape index (κ3) is 3.70. The molecular formula is C20H25FN4O. The molecule has 0 radical (unpaired) electrons. The van der Waals surface area contributed by atoms with Crippen molar-refractivity contribution in [1.82, 2.24) is 9.88 Å². The van der Waals surface area contributed by atoms with E-state index in [0.29, 0.717) is 32.0 Å². The predicted molar refractivity (Wildman–Crippen MR) is 103 cm³/mol. The molecule has 1 aromatic heterocycles. The van der Waals surface area contributed by atoms with Crippen LogP contribution in [0.2, 0.25) is 0 Å². The number of carbonyl (C=O) groups is 1. The monoisotopic (exact) mass is 356 g/mol. The van der Waals surface area contributed by atoms with E-state index in [-0.39, 0.29) is 0 Å². The summed E-state index contributed by atoms with van der Waals surface area (Å²) in [5.41, 5.74) is 5.23. The number of hydrogen-bond donors (Lipinski definition) is 1. The van der Waals surface area contributed by atoms with Crippen LogP contribution in [0.1, 0.15) is 11.1 Å². The molecule has 1 fully saturated rings. The van der Waals surface area contributed by atoms with Gasteiger partial charge in [-0.15, -0.1) is 0 Å². The Labute approximate surface area is 153 Å². The number of aryl methyl sites for hydroxylation is 1. The standard InChI is InChI=1S/C20H25FN4O/c1-14-5-4-6-18(15(14)2)16-9-19(20(22-3)23-10-16)25(13-26)8-7-24-11-17(21)12-24/h4-6,9-10,13,17H,7-8,11-12H2,1-3H3,(H,22,23). The van der Waals surface area contributed by atoms with E-state index < -0.39 is 6.17 Å². The van der Waals surface area contributed by atoms with E-state index in [0.717, 1.165) is 23.2 Å². The summed E-state index contributed by atoms with van der Waals surface area (Å²) in [6, 6.07) is 8.16. The summed E-state index contributed by atoms with van der Waals surface area (Å²) < 4.78 is 13.0. The van der Waals surface area contributed by atoms with E-state index in [1.165, 1.54) is 11.1 Å². The number of aromatic nitrogens is 1. The van der Waals surface area contributed by atoms with E-state index in [9.17, 15) is 9.18 Å². The van der Waals surface area contributed by atoms with Crippen LogP contribution in [0, 0.1) is 13.8 Å². The molecule has 0 bridgehead atoms. The Kier molecular flexibility index (Phi) is 5.52. The normalized spacial score (nSPS) is 14.8. The number of hydrogen-bond acceptors (Lipinski definition) is 4. The number of alkyl halides is 1. The number of anilines is 2. The molecular weight excluding hydrogens is 331 g/mol. The van der Waals surface area contributed by atoms with Crippen molar-refractivity contribution < 1.29 is 9.18 Å². The molecule has 1 aliphatic rings. The molecule has 0 atom stereocenters. The van der Waals surface area contributed by atoms with Gasteiger partial charge < -0.3 is 10.2 Å². The Morgan fingerprint density at radius 1 is 1.38 bits per heavy atom. The van der Waals surface area contributed by atoms with Crippen LogP contribution >= 0.6 is 0 Å². The van der Waals surface area contributed by atoms with Gasteiger partial charge >= 0.3 is 0 Å². The van der Waals surface area contributed by atoms with Crippen molar-refractivity contribution in [2.24, 2.45) is 0 Å². The molecule has 26 heavy (non-hydrogen) atoms. The second-order valence-corrected chi connectivity index (χ2v) is 6.74. The van der Waals surface area contributed by atoms with Crippen molar-refractivity contribution in [2.75, 3.05) is 43.4 Å². The first-order valence-electron chi connectivity index (χ1n) is 8.86. The zero-order chi connectivity index (χ0) is 18.7. The minimum absolute atomic E-state index is 0.451. The van der Waals surface area contributed by atoms with Crippen LogP contribution in [0.3, 0.4) is 0 Å². The zero-order valence-corrected chi connectivity index (χ0v) is 15.5. The number of halogens is 1. The summed E-state index contributed by atoms with van der Waals surface area (Å²) in [6.45, 7) is 6.22. The summed E-state index contributed by atoms with van der Waals surface area (Å²) in [5, 5.41) is 3.05. The number of likely N-dealkylation sites (tertiary alicyclic amines) is 1. The maximum absolute atomic E-state index is 13.0. The molecule has 0 saturated carbocycles. The highest BCUT2D eigenvalue weighted by atomic mass is 19.1. The van der Waals surface area contributed by atoms with Crippen LogP contribution < -0.4 is 10.2 Å². The van der Waals surface area contributed by atoms with Crippen LogP contribution in [-0.4, -0.2) is 55.7 Å². The smallest absolute Gasteiger partial charge is 0.214 e. The molecule has 5 nitrogen and oxygen atoms in total. The Morgan fingerprint density at radius 2 is 2.15 bits per heavy atom. The lowest BCUT2D eigenvalue weighted by atomic mass is 9.98. The van der Waals surface area contributed by atoms with Gasteiger partial charge in [0.15, 0.2) is 0 Å². The van der Waals surface area contributed by atoms with E-state index in [1.54, 1.807) is 11.9 Å². The van der Waals surface area contributed by atoms with Gasteiger partial charge in [0, 0.05) is 45.0 Å². The highest BCUT2D eigenvalue weighted by Gasteiger charge is 2.26. The SMILES string of the molecule is CNc1ncc(-c2cccc(C)c2C)cc1N(C=O)CCN1CC(F)C1. The van der Waals surface area contributed by atoms with Crippen molar-refractivity contribution in [3.05, 3.63) is 41.6 Å². The lowest BCUT2D eigenvalue weighted by molar-refractivity contribution is -0.107. The minimum Gasteiger partial charge on any atom is -0.371 e. The maximum Gasteiger partial charge on any atom is 0.214 e. The molecule has 1 amide bonds. The molecule has 2 aromatic rings. The van der Waals surface area contributed by atoms with Gasteiger partial charge in [0.1, 0.15) is 12.0 Å². The van der Waals surface area contributed by atoms with E-state index in [2.05, 4.69) is 36.3 Å². The molecule has 3 rings (SSSR count). The predicted octanol–water partition coefficient (Wildman–Crippen LogP) is 3.02. The molecule has 0 aliphatic carbocycles. The first kappa shape index (κ1) is 18.3. The summed E-state index contributed by atoms with van der Waals surface area (Å²) in [4.78, 5) is 19.8. The number of pyridine rings is 1. The maximum atomic E-state index is 13.0. The van der Waals surface area contributed by atoms with Gasteiger partial charge in [-0.3, -0.25) is 9.69 Å². The quantitative estimate of drug-likeness (QED) is 0.775. The minimum atomic E-state index is -0.734. The van der Waals surface area contributed by atoms with Crippen molar-refractivity contribution in [3.8, 4) is 11.1 Å².